The molecule has 1 rings (SSSR count). The highest BCUT2D eigenvalue weighted by Crippen LogP contribution is 2.49. The van der Waals surface area contributed by atoms with Crippen molar-refractivity contribution in [3.8, 4) is 0 Å². The number of hydrogen-bond acceptors (Lipinski definition) is 6. The number of nitrogens with zero attached hydrogens (tertiary/aromatic N) is 2. The summed E-state index contributed by atoms with van der Waals surface area (Å²) in [7, 11) is -4.43. The quantitative estimate of drug-likeness (QED) is 0.256. The second-order valence-corrected chi connectivity index (χ2v) is 9.19. The van der Waals surface area contributed by atoms with Crippen molar-refractivity contribution in [2.24, 2.45) is 0 Å². The maximum absolute atomic E-state index is 11.2. The van der Waals surface area contributed by atoms with Crippen LogP contribution in [0.25, 0.3) is 0 Å². The number of carbonyl (C=O) groups excluding carboxylic acids is 1. The lowest BCUT2D eigenvalue weighted by atomic mass is 9.95. The number of ether oxygens (including phenoxy) is 1. The smallest absolute Gasteiger partial charge is 0.352 e. The highest BCUT2D eigenvalue weighted by molar-refractivity contribution is 7.56. The van der Waals surface area contributed by atoms with E-state index in [9.17, 15) is 14.5 Å². The summed E-state index contributed by atoms with van der Waals surface area (Å²) in [5.41, 5.74) is 0. The molecular weight excluding hydrogens is 445 g/mol. The van der Waals surface area contributed by atoms with Crippen LogP contribution in [0.2, 0.25) is 0 Å². The summed E-state index contributed by atoms with van der Waals surface area (Å²) in [4.78, 5) is 34.1. The Hall–Kier alpha value is -1.06. The van der Waals surface area contributed by atoms with Gasteiger partial charge in [0.1, 0.15) is 0 Å². The maximum Gasteiger partial charge on any atom is 0.352 e. The SMILES string of the molecule is C=CCO[C@@H]1CC(P(=O)(O)O)=C[C@H](O)[C@H]1NC(C)=O.CCN(CC)CC.CCN(CC)CC. The predicted octanol–water partition coefficient (Wildman–Crippen LogP) is 2.58. The molecule has 0 radical (unpaired) electrons. The number of aliphatic hydroxyl groups is 1. The lowest BCUT2D eigenvalue weighted by Crippen LogP contribution is -2.52. The third-order valence-electron chi connectivity index (χ3n) is 5.40. The van der Waals surface area contributed by atoms with E-state index in [1.54, 1.807) is 0 Å². The molecule has 0 aromatic rings. The molecule has 1 aliphatic carbocycles. The predicted molar refractivity (Wildman–Crippen MR) is 135 cm³/mol. The van der Waals surface area contributed by atoms with Crippen LogP contribution >= 0.6 is 7.60 Å². The highest BCUT2D eigenvalue weighted by atomic mass is 31.2. The van der Waals surface area contributed by atoms with Gasteiger partial charge < -0.3 is 34.7 Å². The number of rotatable bonds is 11. The Labute approximate surface area is 201 Å². The first-order chi connectivity index (χ1) is 15.4. The van der Waals surface area contributed by atoms with Crippen LogP contribution in [0.15, 0.2) is 24.0 Å². The van der Waals surface area contributed by atoms with E-state index in [4.69, 9.17) is 14.5 Å². The number of aliphatic hydroxyl groups excluding tert-OH is 1. The molecule has 0 bridgehead atoms. The molecule has 0 aromatic heterocycles. The molecule has 196 valence electrons. The zero-order chi connectivity index (χ0) is 26.0. The first-order valence-electron chi connectivity index (χ1n) is 11.8. The molecule has 0 aliphatic heterocycles. The summed E-state index contributed by atoms with van der Waals surface area (Å²) in [5, 5.41) is 12.2. The average Bonchev–Trinajstić information content (AvgIpc) is 2.76. The first kappa shape index (κ1) is 34.1. The molecular formula is C23H48N3O6P. The molecule has 10 heteroatoms. The zero-order valence-corrected chi connectivity index (χ0v) is 22.6. The molecule has 33 heavy (non-hydrogen) atoms. The second-order valence-electron chi connectivity index (χ2n) is 7.52. The highest BCUT2D eigenvalue weighted by Gasteiger charge is 2.38. The molecule has 1 amide bonds. The van der Waals surface area contributed by atoms with Crippen LogP contribution in [0, 0.1) is 0 Å². The van der Waals surface area contributed by atoms with Crippen LogP contribution in [0.5, 0.6) is 0 Å². The topological polar surface area (TPSA) is 123 Å². The molecule has 0 unspecified atom stereocenters. The van der Waals surface area contributed by atoms with Crippen LogP contribution in [0.4, 0.5) is 0 Å². The first-order valence-corrected chi connectivity index (χ1v) is 13.5. The summed E-state index contributed by atoms with van der Waals surface area (Å²) >= 11 is 0. The minimum absolute atomic E-state index is 0.0554. The monoisotopic (exact) mass is 493 g/mol. The second kappa shape index (κ2) is 19.3. The normalized spacial score (nSPS) is 20.2. The van der Waals surface area contributed by atoms with Crippen LogP contribution < -0.4 is 5.32 Å². The largest absolute Gasteiger partial charge is 0.387 e. The number of amides is 1. The Morgan fingerprint density at radius 1 is 1.09 bits per heavy atom. The third-order valence-corrected chi connectivity index (χ3v) is 6.48. The van der Waals surface area contributed by atoms with Gasteiger partial charge in [-0.05, 0) is 45.3 Å². The Morgan fingerprint density at radius 2 is 1.52 bits per heavy atom. The molecule has 0 spiro atoms. The van der Waals surface area contributed by atoms with Gasteiger partial charge in [-0.15, -0.1) is 6.58 Å². The summed E-state index contributed by atoms with van der Waals surface area (Å²) in [6.07, 6.45) is 0.571. The fourth-order valence-electron chi connectivity index (χ4n) is 3.25. The molecule has 0 fully saturated rings. The van der Waals surface area contributed by atoms with Gasteiger partial charge in [-0.25, -0.2) is 0 Å². The van der Waals surface area contributed by atoms with E-state index in [2.05, 4.69) is 63.2 Å². The van der Waals surface area contributed by atoms with Gasteiger partial charge in [0, 0.05) is 18.7 Å². The number of carbonyl (C=O) groups is 1. The van der Waals surface area contributed by atoms with Crippen molar-refractivity contribution in [1.82, 2.24) is 15.1 Å². The summed E-state index contributed by atoms with van der Waals surface area (Å²) in [6, 6.07) is -0.743. The maximum atomic E-state index is 11.2. The summed E-state index contributed by atoms with van der Waals surface area (Å²) in [6.45, 7) is 25.2. The Morgan fingerprint density at radius 3 is 1.79 bits per heavy atom. The van der Waals surface area contributed by atoms with Crippen LogP contribution in [0.1, 0.15) is 54.9 Å². The molecule has 1 aliphatic rings. The fraction of sp³-hybridized carbons (Fsp3) is 0.783. The van der Waals surface area contributed by atoms with E-state index in [0.29, 0.717) is 0 Å². The van der Waals surface area contributed by atoms with Crippen LogP contribution in [-0.4, -0.2) is 94.7 Å². The standard InChI is InChI=1S/C11H18NO6P.2C6H15N/c1-3-4-18-10-6-8(19(15,16)17)5-9(14)11(10)12-7(2)13;2*1-4-7(5-2)6-3/h3,5,9-11,14H,1,4,6H2,2H3,(H,12,13)(H2,15,16,17);2*4-6H2,1-3H3/t9-,10+,11+;;/m0../s1. The van der Waals surface area contributed by atoms with Crippen molar-refractivity contribution in [3.63, 3.8) is 0 Å². The zero-order valence-electron chi connectivity index (χ0n) is 21.7. The third kappa shape index (κ3) is 15.5. The van der Waals surface area contributed by atoms with Crippen molar-refractivity contribution in [2.75, 3.05) is 45.9 Å². The van der Waals surface area contributed by atoms with Crippen LogP contribution in [-0.2, 0) is 14.1 Å². The van der Waals surface area contributed by atoms with Crippen molar-refractivity contribution in [2.45, 2.75) is 73.1 Å². The Kier molecular flexibility index (Phi) is 19.9. The minimum atomic E-state index is -4.43. The average molecular weight is 494 g/mol. The van der Waals surface area contributed by atoms with Crippen molar-refractivity contribution >= 4 is 13.5 Å². The van der Waals surface area contributed by atoms with Gasteiger partial charge in [-0.3, -0.25) is 9.36 Å². The van der Waals surface area contributed by atoms with Gasteiger partial charge in [0.05, 0.1) is 24.9 Å². The van der Waals surface area contributed by atoms with E-state index < -0.39 is 25.8 Å². The van der Waals surface area contributed by atoms with Gasteiger partial charge in [-0.1, -0.05) is 47.6 Å². The van der Waals surface area contributed by atoms with E-state index in [0.717, 1.165) is 6.08 Å². The van der Waals surface area contributed by atoms with Gasteiger partial charge >= 0.3 is 7.60 Å². The fourth-order valence-corrected chi connectivity index (χ4v) is 4.01. The molecule has 3 atom stereocenters. The Bertz CT molecular complexity index is 580. The van der Waals surface area contributed by atoms with Gasteiger partial charge in [-0.2, -0.15) is 0 Å². The van der Waals surface area contributed by atoms with E-state index >= 15 is 0 Å². The molecule has 0 saturated heterocycles. The minimum Gasteiger partial charge on any atom is -0.387 e. The molecule has 0 heterocycles. The van der Waals surface area contributed by atoms with Crippen molar-refractivity contribution < 1.29 is 29.0 Å². The molecule has 0 aromatic carbocycles. The molecule has 4 N–H and O–H groups in total. The van der Waals surface area contributed by atoms with E-state index in [-0.39, 0.29) is 24.2 Å². The lowest BCUT2D eigenvalue weighted by Gasteiger charge is -2.34. The van der Waals surface area contributed by atoms with Gasteiger partial charge in [0.2, 0.25) is 5.91 Å². The summed E-state index contributed by atoms with van der Waals surface area (Å²) < 4.78 is 16.6. The van der Waals surface area contributed by atoms with Crippen LogP contribution in [0.3, 0.4) is 0 Å². The van der Waals surface area contributed by atoms with Crippen molar-refractivity contribution in [1.29, 1.82) is 0 Å². The molecule has 0 saturated carbocycles. The van der Waals surface area contributed by atoms with E-state index in [1.807, 2.05) is 0 Å². The lowest BCUT2D eigenvalue weighted by molar-refractivity contribution is -0.122. The van der Waals surface area contributed by atoms with Gasteiger partial charge in [0.25, 0.3) is 0 Å². The Balaban J connectivity index is 0. The summed E-state index contributed by atoms with van der Waals surface area (Å²) in [5.74, 6) is -0.357. The van der Waals surface area contributed by atoms with Crippen molar-refractivity contribution in [3.05, 3.63) is 24.0 Å². The number of nitrogens with one attached hydrogen (secondary N) is 1. The van der Waals surface area contributed by atoms with E-state index in [1.165, 1.54) is 52.3 Å². The number of hydrogen-bond donors (Lipinski definition) is 4. The van der Waals surface area contributed by atoms with Gasteiger partial charge in [0.15, 0.2) is 0 Å². The molecule has 9 nitrogen and oxygen atoms in total.